The van der Waals surface area contributed by atoms with Crippen molar-refractivity contribution in [3.05, 3.63) is 283 Å². The third-order valence-electron chi connectivity index (χ3n) is 14.8. The Bertz CT molecular complexity index is 4030. The molecule has 1 unspecified atom stereocenters. The maximum atomic E-state index is 5.59. The molecule has 10 aromatic carbocycles. The van der Waals surface area contributed by atoms with Gasteiger partial charge in [-0.15, -0.1) is 0 Å². The molecule has 0 saturated carbocycles. The van der Waals surface area contributed by atoms with Crippen molar-refractivity contribution in [1.29, 1.82) is 0 Å². The Morgan fingerprint density at radius 1 is 0.280 bits per heavy atom. The summed E-state index contributed by atoms with van der Waals surface area (Å²) < 4.78 is 0. The molecule has 352 valence electrons. The first-order valence-corrected chi connectivity index (χ1v) is 26.1. The van der Waals surface area contributed by atoms with Crippen molar-refractivity contribution in [2.45, 2.75) is 22.1 Å². The van der Waals surface area contributed by atoms with Gasteiger partial charge in [0.25, 0.3) is 0 Å². The number of aromatic nitrogens is 5. The minimum atomic E-state index is -0.657. The van der Waals surface area contributed by atoms with E-state index in [1.54, 1.807) is 0 Å². The SMILES string of the molecule is Cc1c(-c2ccccc2)nc(-c2ccc3c(c2)Sc2ccccc2C32c3ccccc3-c3c(-c4nc(-c5ccccc5)nc(-c5ccccc5)n4)cccc32)nc1-c1cc(-c2ccccc2)cc(-c2ccccc2)c1. The summed E-state index contributed by atoms with van der Waals surface area (Å²) in [4.78, 5) is 29.0. The van der Waals surface area contributed by atoms with Crippen molar-refractivity contribution in [2.24, 2.45) is 0 Å². The van der Waals surface area contributed by atoms with Crippen molar-refractivity contribution in [2.75, 3.05) is 0 Å². The van der Waals surface area contributed by atoms with Crippen molar-refractivity contribution in [1.82, 2.24) is 24.9 Å². The first kappa shape index (κ1) is 44.3. The number of hydrogen-bond donors (Lipinski definition) is 0. The van der Waals surface area contributed by atoms with Crippen LogP contribution in [0.15, 0.2) is 265 Å². The molecule has 0 amide bonds. The number of rotatable bonds is 8. The van der Waals surface area contributed by atoms with Crippen LogP contribution in [0, 0.1) is 6.92 Å². The fourth-order valence-corrected chi connectivity index (χ4v) is 12.6. The molecular weight excluding hydrogens is 931 g/mol. The van der Waals surface area contributed by atoms with E-state index in [0.29, 0.717) is 23.3 Å². The summed E-state index contributed by atoms with van der Waals surface area (Å²) in [7, 11) is 0. The summed E-state index contributed by atoms with van der Waals surface area (Å²) in [5, 5.41) is 0. The van der Waals surface area contributed by atoms with E-state index in [0.717, 1.165) is 88.6 Å². The van der Waals surface area contributed by atoms with Crippen LogP contribution in [0.4, 0.5) is 0 Å². The molecule has 2 aliphatic rings. The van der Waals surface area contributed by atoms with E-state index in [9.17, 15) is 0 Å². The highest BCUT2D eigenvalue weighted by Crippen LogP contribution is 2.63. The zero-order valence-electron chi connectivity index (χ0n) is 40.9. The molecule has 12 aromatic rings. The van der Waals surface area contributed by atoms with Crippen molar-refractivity contribution in [3.63, 3.8) is 0 Å². The predicted octanol–water partition coefficient (Wildman–Crippen LogP) is 17.1. The van der Waals surface area contributed by atoms with Crippen molar-refractivity contribution < 1.29 is 0 Å². The van der Waals surface area contributed by atoms with Gasteiger partial charge in [0.15, 0.2) is 23.3 Å². The average Bonchev–Trinajstić information content (AvgIpc) is 3.78. The Morgan fingerprint density at radius 2 is 0.720 bits per heavy atom. The highest BCUT2D eigenvalue weighted by molar-refractivity contribution is 7.99. The van der Waals surface area contributed by atoms with Crippen LogP contribution in [0.1, 0.15) is 27.8 Å². The zero-order chi connectivity index (χ0) is 49.9. The third-order valence-corrected chi connectivity index (χ3v) is 15.9. The summed E-state index contributed by atoms with van der Waals surface area (Å²) in [6, 6.07) is 90.4. The molecule has 1 atom stereocenters. The quantitative estimate of drug-likeness (QED) is 0.151. The summed E-state index contributed by atoms with van der Waals surface area (Å²) in [5.74, 6) is 2.57. The minimum Gasteiger partial charge on any atom is -0.228 e. The highest BCUT2D eigenvalue weighted by Gasteiger charge is 2.51. The van der Waals surface area contributed by atoms with E-state index in [2.05, 4.69) is 225 Å². The Balaban J connectivity index is 0.974. The van der Waals surface area contributed by atoms with Gasteiger partial charge in [0.2, 0.25) is 0 Å². The Hall–Kier alpha value is -9.36. The lowest BCUT2D eigenvalue weighted by Gasteiger charge is -2.39. The molecule has 0 radical (unpaired) electrons. The summed E-state index contributed by atoms with van der Waals surface area (Å²) in [6.45, 7) is 2.16. The van der Waals surface area contributed by atoms with Gasteiger partial charge in [-0.05, 0) is 92.9 Å². The molecule has 1 aliphatic carbocycles. The maximum Gasteiger partial charge on any atom is 0.164 e. The number of hydrogen-bond acceptors (Lipinski definition) is 6. The summed E-state index contributed by atoms with van der Waals surface area (Å²) in [5.41, 5.74) is 19.8. The first-order valence-electron chi connectivity index (χ1n) is 25.3. The van der Waals surface area contributed by atoms with Gasteiger partial charge in [-0.2, -0.15) is 0 Å². The second-order valence-electron chi connectivity index (χ2n) is 19.1. The predicted molar refractivity (Wildman–Crippen MR) is 305 cm³/mol. The van der Waals surface area contributed by atoms with Crippen LogP contribution >= 0.6 is 11.8 Å². The molecule has 75 heavy (non-hydrogen) atoms. The third kappa shape index (κ3) is 7.52. The number of nitrogens with zero attached hydrogens (tertiary/aromatic N) is 5. The van der Waals surface area contributed by atoms with E-state index in [1.165, 1.54) is 27.1 Å². The minimum absolute atomic E-state index is 0.632. The van der Waals surface area contributed by atoms with Crippen molar-refractivity contribution >= 4 is 11.8 Å². The van der Waals surface area contributed by atoms with Gasteiger partial charge in [0, 0.05) is 48.7 Å². The Labute approximate surface area is 440 Å². The lowest BCUT2D eigenvalue weighted by Crippen LogP contribution is -2.32. The molecule has 3 heterocycles. The summed E-state index contributed by atoms with van der Waals surface area (Å²) >= 11 is 1.82. The smallest absolute Gasteiger partial charge is 0.164 e. The molecule has 5 nitrogen and oxygen atoms in total. The molecule has 0 N–H and O–H groups in total. The van der Waals surface area contributed by atoms with Gasteiger partial charge in [0.05, 0.1) is 16.8 Å². The molecule has 0 saturated heterocycles. The van der Waals surface area contributed by atoms with Gasteiger partial charge in [0.1, 0.15) is 0 Å². The van der Waals surface area contributed by atoms with Gasteiger partial charge >= 0.3 is 0 Å². The second kappa shape index (κ2) is 18.3. The molecule has 1 aliphatic heterocycles. The molecule has 0 bridgehead atoms. The fraction of sp³-hybridized carbons (Fsp3) is 0.0290. The molecule has 1 spiro atoms. The van der Waals surface area contributed by atoms with Crippen LogP contribution in [-0.4, -0.2) is 24.9 Å². The largest absolute Gasteiger partial charge is 0.228 e. The maximum absolute atomic E-state index is 5.59. The normalized spacial score (nSPS) is 13.9. The van der Waals surface area contributed by atoms with Crippen LogP contribution < -0.4 is 0 Å². The molecule has 14 rings (SSSR count). The molecular formula is C69H45N5S. The lowest BCUT2D eigenvalue weighted by atomic mass is 9.67. The zero-order valence-corrected chi connectivity index (χ0v) is 41.7. The van der Waals surface area contributed by atoms with Crippen LogP contribution in [0.5, 0.6) is 0 Å². The van der Waals surface area contributed by atoms with Crippen LogP contribution in [-0.2, 0) is 5.41 Å². The average molecular weight is 976 g/mol. The summed E-state index contributed by atoms with van der Waals surface area (Å²) in [6.07, 6.45) is 0. The lowest BCUT2D eigenvalue weighted by molar-refractivity contribution is 0.722. The van der Waals surface area contributed by atoms with E-state index < -0.39 is 5.41 Å². The van der Waals surface area contributed by atoms with Crippen LogP contribution in [0.3, 0.4) is 0 Å². The highest BCUT2D eigenvalue weighted by atomic mass is 32.2. The number of fused-ring (bicyclic) bond motifs is 9. The van der Waals surface area contributed by atoms with Gasteiger partial charge in [-0.1, -0.05) is 236 Å². The van der Waals surface area contributed by atoms with E-state index in [-0.39, 0.29) is 0 Å². The molecule has 2 aromatic heterocycles. The van der Waals surface area contributed by atoms with E-state index in [4.69, 9.17) is 24.9 Å². The fourth-order valence-electron chi connectivity index (χ4n) is 11.4. The van der Waals surface area contributed by atoms with Crippen LogP contribution in [0.2, 0.25) is 0 Å². The Morgan fingerprint density at radius 3 is 1.33 bits per heavy atom. The van der Waals surface area contributed by atoms with Crippen LogP contribution in [0.25, 0.3) is 101 Å². The Kier molecular flexibility index (Phi) is 10.8. The topological polar surface area (TPSA) is 64.5 Å². The molecule has 0 fully saturated rings. The standard InChI is InChI=1S/C69H45N5S/c1-44-63(47-26-11-4-12-27-47)70-67(71-64(44)53-41-51(45-22-7-2-8-23-45)40-52(42-53)46-24-9-3-10-25-46)50-38-39-58-61(43-50)75-60-37-20-19-35-57(60)69(58)56-34-18-17-32-54(56)62-55(33-21-36-59(62)69)68-73-65(48-28-13-5-14-29-48)72-66(74-68)49-30-15-6-16-31-49/h2-43H,1H3. The van der Waals surface area contributed by atoms with Gasteiger partial charge in [-0.25, -0.2) is 24.9 Å². The van der Waals surface area contributed by atoms with Crippen molar-refractivity contribution in [3.8, 4) is 101 Å². The van der Waals surface area contributed by atoms with E-state index in [1.807, 2.05) is 48.2 Å². The van der Waals surface area contributed by atoms with E-state index >= 15 is 0 Å². The number of benzene rings is 10. The second-order valence-corrected chi connectivity index (χ2v) is 20.2. The van der Waals surface area contributed by atoms with Gasteiger partial charge < -0.3 is 0 Å². The molecule has 6 heteroatoms. The van der Waals surface area contributed by atoms with Gasteiger partial charge in [-0.3, -0.25) is 0 Å². The monoisotopic (exact) mass is 975 g/mol. The first-order chi connectivity index (χ1) is 37.1.